The summed E-state index contributed by atoms with van der Waals surface area (Å²) in [6, 6.07) is 0. The highest BCUT2D eigenvalue weighted by atomic mass is 16.5. The number of ether oxygens (including phenoxy) is 1. The molecule has 1 aromatic heterocycles. The van der Waals surface area contributed by atoms with E-state index < -0.39 is 0 Å². The van der Waals surface area contributed by atoms with Gasteiger partial charge in [0, 0.05) is 32.2 Å². The summed E-state index contributed by atoms with van der Waals surface area (Å²) in [6.07, 6.45) is 4.38. The number of aryl methyl sites for hydroxylation is 1. The third kappa shape index (κ3) is 3.70. The van der Waals surface area contributed by atoms with E-state index in [1.807, 2.05) is 13.8 Å². The van der Waals surface area contributed by atoms with Crippen molar-refractivity contribution in [2.24, 2.45) is 0 Å². The lowest BCUT2D eigenvalue weighted by Crippen LogP contribution is -2.08. The standard InChI is InChI=1S/C10H17N3O/c1-3-14-8-4-5-12-10-9(2)11-6-7-13-10/h6-7H,3-5,8H2,1-2H3,(H,12,13). The van der Waals surface area contributed by atoms with Crippen LogP contribution in [-0.2, 0) is 4.74 Å². The Kier molecular flexibility index (Phi) is 4.93. The highest BCUT2D eigenvalue weighted by molar-refractivity contribution is 5.37. The molecule has 4 heteroatoms. The van der Waals surface area contributed by atoms with Crippen molar-refractivity contribution < 1.29 is 4.74 Å². The van der Waals surface area contributed by atoms with Gasteiger partial charge >= 0.3 is 0 Å². The Morgan fingerprint density at radius 2 is 2.14 bits per heavy atom. The molecule has 0 bridgehead atoms. The number of nitrogens with zero attached hydrogens (tertiary/aromatic N) is 2. The molecule has 78 valence electrons. The monoisotopic (exact) mass is 195 g/mol. The molecule has 0 aliphatic rings. The van der Waals surface area contributed by atoms with Gasteiger partial charge in [-0.15, -0.1) is 0 Å². The molecular weight excluding hydrogens is 178 g/mol. The zero-order chi connectivity index (χ0) is 10.2. The molecular formula is C10H17N3O. The lowest BCUT2D eigenvalue weighted by atomic mass is 10.4. The Bertz CT molecular complexity index is 265. The SMILES string of the molecule is CCOCCCNc1nccnc1C. The van der Waals surface area contributed by atoms with Crippen LogP contribution in [0.3, 0.4) is 0 Å². The van der Waals surface area contributed by atoms with Crippen LogP contribution in [-0.4, -0.2) is 29.7 Å². The minimum atomic E-state index is 0.782. The van der Waals surface area contributed by atoms with Gasteiger partial charge in [0.25, 0.3) is 0 Å². The van der Waals surface area contributed by atoms with E-state index in [0.29, 0.717) is 0 Å². The lowest BCUT2D eigenvalue weighted by molar-refractivity contribution is 0.147. The molecule has 0 atom stereocenters. The molecule has 1 aromatic rings. The quantitative estimate of drug-likeness (QED) is 0.701. The normalized spacial score (nSPS) is 10.1. The van der Waals surface area contributed by atoms with E-state index in [1.165, 1.54) is 0 Å². The second-order valence-electron chi connectivity index (χ2n) is 2.97. The van der Waals surface area contributed by atoms with E-state index in [2.05, 4.69) is 15.3 Å². The zero-order valence-electron chi connectivity index (χ0n) is 8.79. The first kappa shape index (κ1) is 10.9. The van der Waals surface area contributed by atoms with Gasteiger partial charge in [-0.3, -0.25) is 4.98 Å². The number of rotatable bonds is 6. The van der Waals surface area contributed by atoms with Crippen LogP contribution in [0.5, 0.6) is 0 Å². The largest absolute Gasteiger partial charge is 0.382 e. The lowest BCUT2D eigenvalue weighted by Gasteiger charge is -2.06. The molecule has 0 amide bonds. The first-order valence-electron chi connectivity index (χ1n) is 4.93. The van der Waals surface area contributed by atoms with Gasteiger partial charge in [-0.25, -0.2) is 4.98 Å². The summed E-state index contributed by atoms with van der Waals surface area (Å²) in [5, 5.41) is 3.22. The van der Waals surface area contributed by atoms with Crippen molar-refractivity contribution in [3.63, 3.8) is 0 Å². The molecule has 4 nitrogen and oxygen atoms in total. The van der Waals surface area contributed by atoms with E-state index in [4.69, 9.17) is 4.74 Å². The van der Waals surface area contributed by atoms with Crippen molar-refractivity contribution in [3.8, 4) is 0 Å². The summed E-state index contributed by atoms with van der Waals surface area (Å²) in [6.45, 7) is 6.39. The van der Waals surface area contributed by atoms with Crippen molar-refractivity contribution in [1.82, 2.24) is 9.97 Å². The van der Waals surface area contributed by atoms with E-state index in [0.717, 1.165) is 37.7 Å². The van der Waals surface area contributed by atoms with Crippen LogP contribution in [0.15, 0.2) is 12.4 Å². The highest BCUT2D eigenvalue weighted by Gasteiger charge is 1.97. The summed E-state index contributed by atoms with van der Waals surface area (Å²) in [7, 11) is 0. The van der Waals surface area contributed by atoms with Crippen molar-refractivity contribution in [2.75, 3.05) is 25.1 Å². The molecule has 1 N–H and O–H groups in total. The maximum atomic E-state index is 5.23. The number of aromatic nitrogens is 2. The van der Waals surface area contributed by atoms with Gasteiger partial charge in [-0.1, -0.05) is 0 Å². The molecule has 0 radical (unpaired) electrons. The van der Waals surface area contributed by atoms with Gasteiger partial charge in [0.15, 0.2) is 0 Å². The molecule has 0 fully saturated rings. The van der Waals surface area contributed by atoms with Gasteiger partial charge < -0.3 is 10.1 Å². The van der Waals surface area contributed by atoms with Gasteiger partial charge in [-0.2, -0.15) is 0 Å². The predicted octanol–water partition coefficient (Wildman–Crippen LogP) is 1.62. The van der Waals surface area contributed by atoms with Crippen LogP contribution in [0.2, 0.25) is 0 Å². The van der Waals surface area contributed by atoms with Crippen LogP contribution < -0.4 is 5.32 Å². The molecule has 1 rings (SSSR count). The van der Waals surface area contributed by atoms with Crippen molar-refractivity contribution in [3.05, 3.63) is 18.1 Å². The molecule has 0 unspecified atom stereocenters. The van der Waals surface area contributed by atoms with Crippen LogP contribution in [0.4, 0.5) is 5.82 Å². The second kappa shape index (κ2) is 6.32. The average Bonchev–Trinajstić information content (AvgIpc) is 2.20. The van der Waals surface area contributed by atoms with Crippen LogP contribution >= 0.6 is 0 Å². The molecule has 14 heavy (non-hydrogen) atoms. The van der Waals surface area contributed by atoms with Gasteiger partial charge in [0.1, 0.15) is 5.82 Å². The number of hydrogen-bond acceptors (Lipinski definition) is 4. The van der Waals surface area contributed by atoms with Crippen LogP contribution in [0, 0.1) is 6.92 Å². The molecule has 1 heterocycles. The van der Waals surface area contributed by atoms with E-state index >= 15 is 0 Å². The summed E-state index contributed by atoms with van der Waals surface area (Å²) < 4.78 is 5.23. The Morgan fingerprint density at radius 3 is 2.86 bits per heavy atom. The summed E-state index contributed by atoms with van der Waals surface area (Å²) >= 11 is 0. The average molecular weight is 195 g/mol. The Labute approximate surface area is 84.7 Å². The molecule has 0 spiro atoms. The Hall–Kier alpha value is -1.16. The van der Waals surface area contributed by atoms with E-state index in [1.54, 1.807) is 12.4 Å². The topological polar surface area (TPSA) is 47.0 Å². The number of nitrogens with one attached hydrogen (secondary N) is 1. The Morgan fingerprint density at radius 1 is 1.36 bits per heavy atom. The molecule has 0 saturated heterocycles. The summed E-state index contributed by atoms with van der Waals surface area (Å²) in [5.74, 6) is 0.865. The first-order valence-corrected chi connectivity index (χ1v) is 4.93. The fourth-order valence-corrected chi connectivity index (χ4v) is 1.11. The van der Waals surface area contributed by atoms with Gasteiger partial charge in [0.2, 0.25) is 0 Å². The van der Waals surface area contributed by atoms with Crippen molar-refractivity contribution in [2.45, 2.75) is 20.3 Å². The van der Waals surface area contributed by atoms with Crippen molar-refractivity contribution in [1.29, 1.82) is 0 Å². The second-order valence-corrected chi connectivity index (χ2v) is 2.97. The third-order valence-corrected chi connectivity index (χ3v) is 1.84. The minimum Gasteiger partial charge on any atom is -0.382 e. The zero-order valence-corrected chi connectivity index (χ0v) is 8.79. The fourth-order valence-electron chi connectivity index (χ4n) is 1.11. The van der Waals surface area contributed by atoms with E-state index in [9.17, 15) is 0 Å². The maximum absolute atomic E-state index is 5.23. The highest BCUT2D eigenvalue weighted by Crippen LogP contribution is 2.05. The Balaban J connectivity index is 2.21. The van der Waals surface area contributed by atoms with Gasteiger partial charge in [-0.05, 0) is 20.3 Å². The molecule has 0 aromatic carbocycles. The molecule has 0 aliphatic carbocycles. The fraction of sp³-hybridized carbons (Fsp3) is 0.600. The number of anilines is 1. The summed E-state index contributed by atoms with van der Waals surface area (Å²) in [4.78, 5) is 8.32. The smallest absolute Gasteiger partial charge is 0.147 e. The van der Waals surface area contributed by atoms with Crippen molar-refractivity contribution >= 4 is 5.82 Å². The first-order chi connectivity index (χ1) is 6.84. The summed E-state index contributed by atoms with van der Waals surface area (Å²) in [5.41, 5.74) is 0.934. The van der Waals surface area contributed by atoms with Crippen LogP contribution in [0.1, 0.15) is 19.0 Å². The maximum Gasteiger partial charge on any atom is 0.147 e. The molecule has 0 saturated carbocycles. The molecule has 0 aliphatic heterocycles. The third-order valence-electron chi connectivity index (χ3n) is 1.84. The van der Waals surface area contributed by atoms with Gasteiger partial charge in [0.05, 0.1) is 5.69 Å². The van der Waals surface area contributed by atoms with E-state index in [-0.39, 0.29) is 0 Å². The van der Waals surface area contributed by atoms with Crippen LogP contribution in [0.25, 0.3) is 0 Å². The number of hydrogen-bond donors (Lipinski definition) is 1. The predicted molar refractivity (Wildman–Crippen MR) is 56.4 cm³/mol. The minimum absolute atomic E-state index is 0.782.